The summed E-state index contributed by atoms with van der Waals surface area (Å²) < 4.78 is 25.9. The van der Waals surface area contributed by atoms with Gasteiger partial charge in [-0.25, -0.2) is 13.1 Å². The molecule has 1 saturated carbocycles. The van der Waals surface area contributed by atoms with Gasteiger partial charge in [0.1, 0.15) is 0 Å². The number of anilines is 1. The standard InChI is InChI=1S/C15H24N2O2S/c1-3-12-7-9-13(10-8-12)17-14-5-4-6-15(11-14)20(18,19)16-2/h4-6,11-13,16-17H,3,7-10H2,1-2H3. The minimum atomic E-state index is -3.36. The Bertz CT molecular complexity index is 535. The molecular weight excluding hydrogens is 272 g/mol. The summed E-state index contributed by atoms with van der Waals surface area (Å²) in [6, 6.07) is 7.50. The summed E-state index contributed by atoms with van der Waals surface area (Å²) in [6.07, 6.45) is 6.14. The van der Waals surface area contributed by atoms with Gasteiger partial charge in [-0.1, -0.05) is 19.4 Å². The molecule has 1 aromatic carbocycles. The van der Waals surface area contributed by atoms with E-state index in [1.807, 2.05) is 6.07 Å². The van der Waals surface area contributed by atoms with E-state index in [-0.39, 0.29) is 0 Å². The van der Waals surface area contributed by atoms with Crippen molar-refractivity contribution in [1.29, 1.82) is 0 Å². The SMILES string of the molecule is CCC1CCC(Nc2cccc(S(=O)(=O)NC)c2)CC1. The predicted molar refractivity (Wildman–Crippen MR) is 82.3 cm³/mol. The van der Waals surface area contributed by atoms with Crippen molar-refractivity contribution >= 4 is 15.7 Å². The van der Waals surface area contributed by atoms with Gasteiger partial charge in [0.15, 0.2) is 0 Å². The third kappa shape index (κ3) is 3.73. The van der Waals surface area contributed by atoms with Crippen LogP contribution in [-0.2, 0) is 10.0 Å². The highest BCUT2D eigenvalue weighted by atomic mass is 32.2. The van der Waals surface area contributed by atoms with E-state index >= 15 is 0 Å². The second-order valence-corrected chi connectivity index (χ2v) is 7.39. The molecule has 1 aromatic rings. The maximum atomic E-state index is 11.8. The highest BCUT2D eigenvalue weighted by Crippen LogP contribution is 2.28. The van der Waals surface area contributed by atoms with Gasteiger partial charge in [-0.05, 0) is 56.8 Å². The van der Waals surface area contributed by atoms with E-state index in [4.69, 9.17) is 0 Å². The van der Waals surface area contributed by atoms with Crippen LogP contribution < -0.4 is 10.0 Å². The lowest BCUT2D eigenvalue weighted by atomic mass is 9.84. The first kappa shape index (κ1) is 15.3. The molecule has 1 aliphatic carbocycles. The van der Waals surface area contributed by atoms with Gasteiger partial charge in [-0.15, -0.1) is 0 Å². The molecule has 0 amide bonds. The molecule has 0 spiro atoms. The van der Waals surface area contributed by atoms with Crippen LogP contribution in [0.4, 0.5) is 5.69 Å². The van der Waals surface area contributed by atoms with Gasteiger partial charge in [0.05, 0.1) is 4.90 Å². The zero-order chi connectivity index (χ0) is 14.6. The maximum Gasteiger partial charge on any atom is 0.240 e. The second-order valence-electron chi connectivity index (χ2n) is 5.51. The summed E-state index contributed by atoms with van der Waals surface area (Å²) >= 11 is 0. The molecule has 1 aliphatic rings. The van der Waals surface area contributed by atoms with Crippen LogP contribution >= 0.6 is 0 Å². The fourth-order valence-corrected chi connectivity index (χ4v) is 3.60. The van der Waals surface area contributed by atoms with Crippen LogP contribution in [0.3, 0.4) is 0 Å². The summed E-state index contributed by atoms with van der Waals surface area (Å²) in [4.78, 5) is 0.312. The van der Waals surface area contributed by atoms with Crippen molar-refractivity contribution in [3.8, 4) is 0 Å². The van der Waals surface area contributed by atoms with Crippen LogP contribution in [-0.4, -0.2) is 21.5 Å². The molecule has 4 nitrogen and oxygen atoms in total. The molecule has 1 fully saturated rings. The van der Waals surface area contributed by atoms with E-state index in [9.17, 15) is 8.42 Å². The number of hydrogen-bond acceptors (Lipinski definition) is 3. The van der Waals surface area contributed by atoms with Crippen molar-refractivity contribution in [3.63, 3.8) is 0 Å². The quantitative estimate of drug-likeness (QED) is 0.878. The Morgan fingerprint density at radius 2 is 1.90 bits per heavy atom. The smallest absolute Gasteiger partial charge is 0.240 e. The zero-order valence-electron chi connectivity index (χ0n) is 12.2. The summed E-state index contributed by atoms with van der Waals surface area (Å²) in [5.74, 6) is 0.865. The average molecular weight is 296 g/mol. The minimum absolute atomic E-state index is 0.312. The molecule has 0 unspecified atom stereocenters. The predicted octanol–water partition coefficient (Wildman–Crippen LogP) is 2.98. The van der Waals surface area contributed by atoms with Crippen LogP contribution in [0.25, 0.3) is 0 Å². The molecule has 0 aliphatic heterocycles. The maximum absolute atomic E-state index is 11.8. The lowest BCUT2D eigenvalue weighted by Crippen LogP contribution is -2.26. The molecule has 0 radical (unpaired) electrons. The monoisotopic (exact) mass is 296 g/mol. The van der Waals surface area contributed by atoms with Gasteiger partial charge in [-0.3, -0.25) is 0 Å². The number of sulfonamides is 1. The molecule has 0 aromatic heterocycles. The van der Waals surface area contributed by atoms with Gasteiger partial charge >= 0.3 is 0 Å². The summed E-state index contributed by atoms with van der Waals surface area (Å²) in [5, 5.41) is 3.47. The van der Waals surface area contributed by atoms with E-state index < -0.39 is 10.0 Å². The van der Waals surface area contributed by atoms with Crippen LogP contribution in [0.15, 0.2) is 29.2 Å². The molecule has 112 valence electrons. The Hall–Kier alpha value is -1.07. The Morgan fingerprint density at radius 1 is 1.20 bits per heavy atom. The molecule has 2 rings (SSSR count). The van der Waals surface area contributed by atoms with E-state index in [1.54, 1.807) is 18.2 Å². The van der Waals surface area contributed by atoms with Crippen LogP contribution in [0.2, 0.25) is 0 Å². The van der Waals surface area contributed by atoms with Crippen LogP contribution in [0.1, 0.15) is 39.0 Å². The highest BCUT2D eigenvalue weighted by molar-refractivity contribution is 7.89. The fraction of sp³-hybridized carbons (Fsp3) is 0.600. The van der Waals surface area contributed by atoms with Gasteiger partial charge in [0, 0.05) is 11.7 Å². The molecule has 20 heavy (non-hydrogen) atoms. The number of nitrogens with one attached hydrogen (secondary N) is 2. The molecular formula is C15H24N2O2S. The Labute approximate surface area is 122 Å². The largest absolute Gasteiger partial charge is 0.382 e. The third-order valence-electron chi connectivity index (χ3n) is 4.21. The lowest BCUT2D eigenvalue weighted by molar-refractivity contribution is 0.330. The van der Waals surface area contributed by atoms with Crippen molar-refractivity contribution in [3.05, 3.63) is 24.3 Å². The first-order valence-corrected chi connectivity index (χ1v) is 8.83. The molecule has 0 saturated heterocycles. The van der Waals surface area contributed by atoms with Crippen LogP contribution in [0, 0.1) is 5.92 Å². The Morgan fingerprint density at radius 3 is 2.50 bits per heavy atom. The second kappa shape index (κ2) is 6.59. The molecule has 0 atom stereocenters. The van der Waals surface area contributed by atoms with Gasteiger partial charge in [0.25, 0.3) is 0 Å². The zero-order valence-corrected chi connectivity index (χ0v) is 13.0. The van der Waals surface area contributed by atoms with Crippen LogP contribution in [0.5, 0.6) is 0 Å². The lowest BCUT2D eigenvalue weighted by Gasteiger charge is -2.29. The van der Waals surface area contributed by atoms with Gasteiger partial charge in [-0.2, -0.15) is 0 Å². The molecule has 5 heteroatoms. The first-order chi connectivity index (χ1) is 9.55. The van der Waals surface area contributed by atoms with Crippen molar-refractivity contribution in [2.75, 3.05) is 12.4 Å². The van der Waals surface area contributed by atoms with Gasteiger partial charge in [0.2, 0.25) is 10.0 Å². The summed E-state index contributed by atoms with van der Waals surface area (Å²) in [5.41, 5.74) is 0.890. The fourth-order valence-electron chi connectivity index (χ4n) is 2.82. The molecule has 0 heterocycles. The third-order valence-corrected chi connectivity index (χ3v) is 5.62. The topological polar surface area (TPSA) is 58.2 Å². The van der Waals surface area contributed by atoms with Crippen molar-refractivity contribution in [1.82, 2.24) is 4.72 Å². The van der Waals surface area contributed by atoms with Crippen molar-refractivity contribution < 1.29 is 8.42 Å². The van der Waals surface area contributed by atoms with E-state index in [1.165, 1.54) is 39.2 Å². The van der Waals surface area contributed by atoms with E-state index in [0.717, 1.165) is 11.6 Å². The average Bonchev–Trinajstić information content (AvgIpc) is 2.48. The van der Waals surface area contributed by atoms with E-state index in [2.05, 4.69) is 17.0 Å². The Kier molecular flexibility index (Phi) is 5.05. The molecule has 0 bridgehead atoms. The summed E-state index contributed by atoms with van der Waals surface area (Å²) in [7, 11) is -1.93. The highest BCUT2D eigenvalue weighted by Gasteiger charge is 2.20. The number of benzene rings is 1. The Balaban J connectivity index is 2.02. The minimum Gasteiger partial charge on any atom is -0.382 e. The van der Waals surface area contributed by atoms with Crippen molar-refractivity contribution in [2.45, 2.75) is 50.0 Å². The number of rotatable bonds is 5. The van der Waals surface area contributed by atoms with Crippen molar-refractivity contribution in [2.24, 2.45) is 5.92 Å². The number of hydrogen-bond donors (Lipinski definition) is 2. The summed E-state index contributed by atoms with van der Waals surface area (Å²) in [6.45, 7) is 2.25. The first-order valence-electron chi connectivity index (χ1n) is 7.35. The van der Waals surface area contributed by atoms with Gasteiger partial charge < -0.3 is 5.32 Å². The molecule has 2 N–H and O–H groups in total. The van der Waals surface area contributed by atoms with E-state index in [0.29, 0.717) is 10.9 Å². The normalized spacial score (nSPS) is 23.5.